The van der Waals surface area contributed by atoms with Crippen molar-refractivity contribution >= 4 is 24.2 Å². The maximum atomic E-state index is 12.4. The second-order valence-electron chi connectivity index (χ2n) is 8.21. The number of hydrogen-bond donors (Lipinski definition) is 1. The third-order valence-corrected chi connectivity index (χ3v) is 4.35. The van der Waals surface area contributed by atoms with Gasteiger partial charge >= 0.3 is 24.2 Å². The summed E-state index contributed by atoms with van der Waals surface area (Å²) in [5, 5.41) is 0. The number of nitrogens with two attached hydrogens (primary N) is 1. The predicted molar refractivity (Wildman–Crippen MR) is 115 cm³/mol. The van der Waals surface area contributed by atoms with Gasteiger partial charge in [-0.15, -0.1) is 0 Å². The molecule has 1 aromatic carbocycles. The minimum Gasteiger partial charge on any atom is -0.458 e. The topological polar surface area (TPSA) is 150 Å². The zero-order valence-electron chi connectivity index (χ0n) is 19.8. The van der Waals surface area contributed by atoms with Crippen LogP contribution in [0.3, 0.4) is 0 Å². The smallest absolute Gasteiger partial charge is 0.458 e. The van der Waals surface area contributed by atoms with E-state index >= 15 is 0 Å². The summed E-state index contributed by atoms with van der Waals surface area (Å²) < 4.78 is 29.4. The average molecular weight is 469 g/mol. The number of carbonyl (C=O) groups excluding carboxylic acids is 4. The van der Waals surface area contributed by atoms with Crippen LogP contribution in [0.2, 0.25) is 0 Å². The molecule has 0 aliphatic heterocycles. The van der Waals surface area contributed by atoms with Crippen molar-refractivity contribution in [1.82, 2.24) is 0 Å². The highest BCUT2D eigenvalue weighted by atomic mass is 16.7. The number of benzene rings is 1. The normalized spacial score (nSPS) is 13.7. The Morgan fingerprint density at radius 2 is 1.39 bits per heavy atom. The number of hydrogen-bond acceptors (Lipinski definition) is 11. The highest BCUT2D eigenvalue weighted by Gasteiger charge is 2.29. The lowest BCUT2D eigenvalue weighted by Crippen LogP contribution is -2.40. The van der Waals surface area contributed by atoms with Crippen LogP contribution in [0, 0.1) is 5.41 Å². The lowest BCUT2D eigenvalue weighted by atomic mass is 9.97. The Bertz CT molecular complexity index is 861. The van der Waals surface area contributed by atoms with Crippen LogP contribution in [0.1, 0.15) is 40.2 Å². The molecule has 0 saturated carbocycles. The molecule has 0 aliphatic carbocycles. The van der Waals surface area contributed by atoms with Gasteiger partial charge in [0.15, 0.2) is 11.5 Å². The highest BCUT2D eigenvalue weighted by molar-refractivity contribution is 5.77. The van der Waals surface area contributed by atoms with E-state index in [-0.39, 0.29) is 17.9 Å². The van der Waals surface area contributed by atoms with Crippen LogP contribution in [-0.4, -0.2) is 56.7 Å². The van der Waals surface area contributed by atoms with Crippen molar-refractivity contribution in [1.29, 1.82) is 0 Å². The molecule has 1 aromatic rings. The van der Waals surface area contributed by atoms with E-state index in [4.69, 9.17) is 24.7 Å². The Labute approximate surface area is 192 Å². The maximum Gasteiger partial charge on any atom is 0.513 e. The van der Waals surface area contributed by atoms with Gasteiger partial charge in [-0.2, -0.15) is 0 Å². The van der Waals surface area contributed by atoms with Gasteiger partial charge in [0.1, 0.15) is 18.2 Å². The molecule has 1 rings (SSSR count). The molecule has 0 heterocycles. The first-order valence-electron chi connectivity index (χ1n) is 10.1. The van der Waals surface area contributed by atoms with Crippen molar-refractivity contribution in [3.63, 3.8) is 0 Å². The molecule has 0 saturated heterocycles. The van der Waals surface area contributed by atoms with Crippen LogP contribution in [0.4, 0.5) is 9.59 Å². The zero-order valence-corrected chi connectivity index (χ0v) is 19.8. The summed E-state index contributed by atoms with van der Waals surface area (Å²) in [6.45, 7) is 8.35. The molecule has 184 valence electrons. The Balaban J connectivity index is 2.85. The first kappa shape index (κ1) is 27.7. The van der Waals surface area contributed by atoms with E-state index in [2.05, 4.69) is 9.47 Å². The van der Waals surface area contributed by atoms with Crippen LogP contribution in [0.15, 0.2) is 18.2 Å². The molecule has 0 amide bonds. The van der Waals surface area contributed by atoms with Crippen LogP contribution in [0.5, 0.6) is 11.5 Å². The number of ether oxygens (including phenoxy) is 6. The van der Waals surface area contributed by atoms with Crippen molar-refractivity contribution in [3.05, 3.63) is 23.8 Å². The Morgan fingerprint density at radius 1 is 0.879 bits per heavy atom. The molecule has 11 nitrogen and oxygen atoms in total. The third kappa shape index (κ3) is 8.97. The molecule has 0 unspecified atom stereocenters. The molecule has 0 aromatic heterocycles. The summed E-state index contributed by atoms with van der Waals surface area (Å²) in [4.78, 5) is 47.3. The molecule has 0 aliphatic rings. The lowest BCUT2D eigenvalue weighted by molar-refractivity contribution is -0.171. The standard InChI is InChI=1S/C22H31NO10/c1-12(13(2)31-19(25)22(3,4)5)30-18(24)15(23)10-14-8-9-16(32-20(26)28-6)17(11-14)33-21(27)29-7/h8-9,11-13,15H,10,23H2,1-7H3/t12-,13-,15-/m0/s1. The molecule has 0 spiro atoms. The molecule has 11 heteroatoms. The summed E-state index contributed by atoms with van der Waals surface area (Å²) >= 11 is 0. The number of rotatable bonds is 8. The molecular weight excluding hydrogens is 438 g/mol. The largest absolute Gasteiger partial charge is 0.513 e. The Morgan fingerprint density at radius 3 is 1.91 bits per heavy atom. The first-order chi connectivity index (χ1) is 15.3. The van der Waals surface area contributed by atoms with Crippen LogP contribution in [0.25, 0.3) is 0 Å². The molecule has 0 bridgehead atoms. The van der Waals surface area contributed by atoms with Crippen LogP contribution in [-0.2, 0) is 35.0 Å². The van der Waals surface area contributed by atoms with Gasteiger partial charge in [-0.1, -0.05) is 6.07 Å². The second kappa shape index (κ2) is 12.0. The van der Waals surface area contributed by atoms with Crippen molar-refractivity contribution in [2.45, 2.75) is 59.3 Å². The molecule has 3 atom stereocenters. The van der Waals surface area contributed by atoms with E-state index in [1.54, 1.807) is 34.6 Å². The minimum absolute atomic E-state index is 0.0117. The number of methoxy groups -OCH3 is 2. The van der Waals surface area contributed by atoms with Gasteiger partial charge in [-0.3, -0.25) is 9.59 Å². The fourth-order valence-electron chi connectivity index (χ4n) is 2.25. The highest BCUT2D eigenvalue weighted by Crippen LogP contribution is 2.30. The third-order valence-electron chi connectivity index (χ3n) is 4.35. The average Bonchev–Trinajstić information content (AvgIpc) is 2.74. The quantitative estimate of drug-likeness (QED) is 0.340. The zero-order chi connectivity index (χ0) is 25.3. The fraction of sp³-hybridized carbons (Fsp3) is 0.545. The number of esters is 2. The summed E-state index contributed by atoms with van der Waals surface area (Å²) in [6, 6.07) is 3.15. The van der Waals surface area contributed by atoms with E-state index in [1.165, 1.54) is 18.2 Å². The van der Waals surface area contributed by atoms with E-state index in [9.17, 15) is 19.2 Å². The summed E-state index contributed by atoms with van der Waals surface area (Å²) in [6.07, 6.45) is -3.46. The predicted octanol–water partition coefficient (Wildman–Crippen LogP) is 2.76. The fourth-order valence-corrected chi connectivity index (χ4v) is 2.25. The SMILES string of the molecule is COC(=O)Oc1ccc(C[C@H](N)C(=O)O[C@@H](C)[C@H](C)OC(=O)C(C)(C)C)cc1OC(=O)OC. The van der Waals surface area contributed by atoms with Crippen molar-refractivity contribution in [3.8, 4) is 11.5 Å². The monoisotopic (exact) mass is 469 g/mol. The van der Waals surface area contributed by atoms with Gasteiger partial charge in [-0.25, -0.2) is 9.59 Å². The lowest BCUT2D eigenvalue weighted by Gasteiger charge is -2.25. The molecule has 0 radical (unpaired) electrons. The van der Waals surface area contributed by atoms with Crippen molar-refractivity contribution in [2.75, 3.05) is 14.2 Å². The summed E-state index contributed by atoms with van der Waals surface area (Å²) in [5.74, 6) is -1.38. The maximum absolute atomic E-state index is 12.4. The van der Waals surface area contributed by atoms with E-state index < -0.39 is 47.9 Å². The van der Waals surface area contributed by atoms with Gasteiger partial charge in [-0.05, 0) is 58.7 Å². The van der Waals surface area contributed by atoms with Gasteiger partial charge in [0.2, 0.25) is 0 Å². The van der Waals surface area contributed by atoms with E-state index in [1.807, 2.05) is 0 Å². The van der Waals surface area contributed by atoms with Crippen molar-refractivity contribution in [2.24, 2.45) is 11.1 Å². The van der Waals surface area contributed by atoms with E-state index in [0.717, 1.165) is 14.2 Å². The number of carbonyl (C=O) groups is 4. The van der Waals surface area contributed by atoms with Crippen LogP contribution >= 0.6 is 0 Å². The molecule has 0 fully saturated rings. The molecular formula is C22H31NO10. The summed E-state index contributed by atoms with van der Waals surface area (Å²) in [5.41, 5.74) is 5.76. The second-order valence-corrected chi connectivity index (χ2v) is 8.21. The van der Waals surface area contributed by atoms with Gasteiger partial charge < -0.3 is 34.2 Å². The van der Waals surface area contributed by atoms with Crippen LogP contribution < -0.4 is 15.2 Å². The van der Waals surface area contributed by atoms with Gasteiger partial charge in [0.05, 0.1) is 19.6 Å². The Hall–Kier alpha value is -3.34. The van der Waals surface area contributed by atoms with Crippen molar-refractivity contribution < 1.29 is 47.6 Å². The van der Waals surface area contributed by atoms with E-state index in [0.29, 0.717) is 5.56 Å². The molecule has 33 heavy (non-hydrogen) atoms. The molecule has 2 N–H and O–H groups in total. The Kier molecular flexibility index (Phi) is 10.1. The van der Waals surface area contributed by atoms with Gasteiger partial charge in [0, 0.05) is 0 Å². The summed E-state index contributed by atoms with van der Waals surface area (Å²) in [7, 11) is 2.23. The minimum atomic E-state index is -1.07. The first-order valence-corrected chi connectivity index (χ1v) is 10.1. The van der Waals surface area contributed by atoms with Gasteiger partial charge in [0.25, 0.3) is 0 Å².